The number of carbonyl (C=O) groups excluding carboxylic acids is 1. The number of ether oxygens (including phenoxy) is 2. The molecule has 1 heterocycles. The zero-order valence-corrected chi connectivity index (χ0v) is 16.2. The summed E-state index contributed by atoms with van der Waals surface area (Å²) in [6.07, 6.45) is -1.21. The van der Waals surface area contributed by atoms with Crippen LogP contribution in [0.15, 0.2) is 22.6 Å². The van der Waals surface area contributed by atoms with E-state index < -0.39 is 59.3 Å². The molecule has 0 saturated carbocycles. The van der Waals surface area contributed by atoms with Crippen LogP contribution >= 0.6 is 0 Å². The highest BCUT2D eigenvalue weighted by Crippen LogP contribution is 2.27. The predicted molar refractivity (Wildman–Crippen MR) is 93.8 cm³/mol. The standard InChI is InChI=1S/C19H19F4NO6/c1-19(2,3)30-18(27)24-13(17(25)26)6-9-4-5-10(29-9)8-28-16-14(22)11(20)7-12(21)15(16)23/h4-5,7,13H,6,8H2,1-3H3,(H,24,27)(H,25,26). The van der Waals surface area contributed by atoms with Gasteiger partial charge in [-0.2, -0.15) is 8.78 Å². The molecule has 1 atom stereocenters. The lowest BCUT2D eigenvalue weighted by molar-refractivity contribution is -0.139. The van der Waals surface area contributed by atoms with E-state index in [1.165, 1.54) is 12.1 Å². The highest BCUT2D eigenvalue weighted by Gasteiger charge is 2.26. The van der Waals surface area contributed by atoms with Gasteiger partial charge in [-0.25, -0.2) is 18.4 Å². The number of hydrogen-bond donors (Lipinski definition) is 2. The maximum absolute atomic E-state index is 13.6. The number of benzene rings is 1. The van der Waals surface area contributed by atoms with E-state index in [4.69, 9.17) is 13.9 Å². The maximum Gasteiger partial charge on any atom is 0.408 e. The molecule has 30 heavy (non-hydrogen) atoms. The topological polar surface area (TPSA) is 98.0 Å². The van der Waals surface area contributed by atoms with Gasteiger partial charge in [0.25, 0.3) is 0 Å². The number of aliphatic carboxylic acids is 1. The van der Waals surface area contributed by atoms with Gasteiger partial charge < -0.3 is 24.3 Å². The summed E-state index contributed by atoms with van der Waals surface area (Å²) in [5.41, 5.74) is -0.830. The van der Waals surface area contributed by atoms with E-state index >= 15 is 0 Å². The van der Waals surface area contributed by atoms with Crippen molar-refractivity contribution in [3.63, 3.8) is 0 Å². The van der Waals surface area contributed by atoms with Crippen molar-refractivity contribution in [2.24, 2.45) is 0 Å². The molecule has 1 unspecified atom stereocenters. The number of rotatable bonds is 7. The molecule has 0 aliphatic rings. The molecule has 1 amide bonds. The second-order valence-electron chi connectivity index (χ2n) is 7.20. The van der Waals surface area contributed by atoms with Gasteiger partial charge in [-0.05, 0) is 32.9 Å². The number of amides is 1. The van der Waals surface area contributed by atoms with Crippen LogP contribution in [0.1, 0.15) is 32.3 Å². The first-order valence-corrected chi connectivity index (χ1v) is 8.63. The number of hydrogen-bond acceptors (Lipinski definition) is 5. The lowest BCUT2D eigenvalue weighted by Crippen LogP contribution is -2.44. The number of furan rings is 1. The van der Waals surface area contributed by atoms with E-state index in [2.05, 4.69) is 5.32 Å². The molecule has 0 aliphatic heterocycles. The number of alkyl carbamates (subject to hydrolysis) is 1. The van der Waals surface area contributed by atoms with Crippen molar-refractivity contribution in [1.82, 2.24) is 5.32 Å². The van der Waals surface area contributed by atoms with E-state index in [1.807, 2.05) is 0 Å². The van der Waals surface area contributed by atoms with Crippen molar-refractivity contribution in [2.75, 3.05) is 0 Å². The zero-order chi connectivity index (χ0) is 22.6. The van der Waals surface area contributed by atoms with Crippen molar-refractivity contribution in [1.29, 1.82) is 0 Å². The molecule has 0 fully saturated rings. The van der Waals surface area contributed by atoms with Crippen LogP contribution in [-0.2, 0) is 22.6 Å². The van der Waals surface area contributed by atoms with Crippen LogP contribution in [0.4, 0.5) is 22.4 Å². The van der Waals surface area contributed by atoms with E-state index in [0.29, 0.717) is 0 Å². The first-order valence-electron chi connectivity index (χ1n) is 8.63. The molecule has 0 bridgehead atoms. The molecule has 1 aromatic heterocycles. The first kappa shape index (κ1) is 23.0. The first-order chi connectivity index (χ1) is 13.9. The van der Waals surface area contributed by atoms with Gasteiger partial charge in [0.05, 0.1) is 0 Å². The second-order valence-corrected chi connectivity index (χ2v) is 7.20. The number of carbonyl (C=O) groups is 2. The van der Waals surface area contributed by atoms with E-state index in [1.54, 1.807) is 20.8 Å². The van der Waals surface area contributed by atoms with Crippen LogP contribution in [0.2, 0.25) is 0 Å². The van der Waals surface area contributed by atoms with E-state index in [0.717, 1.165) is 0 Å². The Kier molecular flexibility index (Phi) is 6.96. The Balaban J connectivity index is 2.04. The molecular weight excluding hydrogens is 414 g/mol. The fraction of sp³-hybridized carbons (Fsp3) is 0.368. The van der Waals surface area contributed by atoms with Crippen molar-refractivity contribution in [2.45, 2.75) is 45.4 Å². The fourth-order valence-electron chi connectivity index (χ4n) is 2.28. The number of carboxylic acid groups (broad SMARTS) is 1. The molecule has 0 saturated heterocycles. The fourth-order valence-corrected chi connectivity index (χ4v) is 2.28. The molecule has 164 valence electrons. The largest absolute Gasteiger partial charge is 0.480 e. The minimum atomic E-state index is -1.70. The Labute approximate surface area is 168 Å². The highest BCUT2D eigenvalue weighted by molar-refractivity contribution is 5.80. The Morgan fingerprint density at radius 2 is 1.67 bits per heavy atom. The number of halogens is 4. The van der Waals surface area contributed by atoms with Crippen molar-refractivity contribution in [3.05, 3.63) is 53.0 Å². The molecule has 11 heteroatoms. The normalized spacial score (nSPS) is 12.4. The van der Waals surface area contributed by atoms with Crippen molar-refractivity contribution < 1.29 is 46.1 Å². The zero-order valence-electron chi connectivity index (χ0n) is 16.2. The van der Waals surface area contributed by atoms with Gasteiger partial charge in [0.1, 0.15) is 29.8 Å². The molecule has 2 aromatic rings. The van der Waals surface area contributed by atoms with Gasteiger partial charge in [-0.15, -0.1) is 0 Å². The smallest absolute Gasteiger partial charge is 0.408 e. The average Bonchev–Trinajstić information content (AvgIpc) is 3.05. The Morgan fingerprint density at radius 1 is 1.10 bits per heavy atom. The summed E-state index contributed by atoms with van der Waals surface area (Å²) >= 11 is 0. The summed E-state index contributed by atoms with van der Waals surface area (Å²) in [5, 5.41) is 11.4. The molecule has 0 aliphatic carbocycles. The summed E-state index contributed by atoms with van der Waals surface area (Å²) in [6.45, 7) is 4.24. The summed E-state index contributed by atoms with van der Waals surface area (Å²) < 4.78 is 68.6. The Hall–Kier alpha value is -3.24. The molecule has 2 rings (SSSR count). The van der Waals surface area contributed by atoms with E-state index in [-0.39, 0.29) is 24.0 Å². The molecule has 1 aromatic carbocycles. The van der Waals surface area contributed by atoms with E-state index in [9.17, 15) is 32.3 Å². The van der Waals surface area contributed by atoms with Crippen molar-refractivity contribution >= 4 is 12.1 Å². The molecule has 0 radical (unpaired) electrons. The van der Waals surface area contributed by atoms with Gasteiger partial charge in [-0.1, -0.05) is 0 Å². The van der Waals surface area contributed by atoms with Crippen LogP contribution < -0.4 is 10.1 Å². The van der Waals surface area contributed by atoms with Crippen LogP contribution in [0.25, 0.3) is 0 Å². The number of nitrogens with one attached hydrogen (secondary N) is 1. The Bertz CT molecular complexity index is 912. The van der Waals surface area contributed by atoms with Gasteiger partial charge in [0.15, 0.2) is 17.4 Å². The van der Waals surface area contributed by atoms with Gasteiger partial charge in [0, 0.05) is 12.5 Å². The van der Waals surface area contributed by atoms with Gasteiger partial charge in [0.2, 0.25) is 11.6 Å². The lowest BCUT2D eigenvalue weighted by Gasteiger charge is -2.21. The summed E-state index contributed by atoms with van der Waals surface area (Å²) in [7, 11) is 0. The Morgan fingerprint density at radius 3 is 2.20 bits per heavy atom. The minimum Gasteiger partial charge on any atom is -0.480 e. The third-order valence-electron chi connectivity index (χ3n) is 3.54. The monoisotopic (exact) mass is 433 g/mol. The third kappa shape index (κ3) is 6.13. The maximum atomic E-state index is 13.6. The molecular formula is C19H19F4NO6. The lowest BCUT2D eigenvalue weighted by atomic mass is 10.1. The second kappa shape index (κ2) is 9.06. The minimum absolute atomic E-state index is 0.00474. The summed E-state index contributed by atoms with van der Waals surface area (Å²) in [6, 6.07) is 1.33. The van der Waals surface area contributed by atoms with Gasteiger partial charge >= 0.3 is 12.1 Å². The molecule has 7 nitrogen and oxygen atoms in total. The van der Waals surface area contributed by atoms with Crippen LogP contribution in [0, 0.1) is 23.3 Å². The third-order valence-corrected chi connectivity index (χ3v) is 3.54. The van der Waals surface area contributed by atoms with Crippen LogP contribution in [-0.4, -0.2) is 28.8 Å². The SMILES string of the molecule is CC(C)(C)OC(=O)NC(Cc1ccc(COc2c(F)c(F)cc(F)c2F)o1)C(=O)O. The average molecular weight is 433 g/mol. The highest BCUT2D eigenvalue weighted by atomic mass is 19.2. The van der Waals surface area contributed by atoms with Gasteiger partial charge in [-0.3, -0.25) is 0 Å². The number of carboxylic acids is 1. The summed E-state index contributed by atoms with van der Waals surface area (Å²) in [4.78, 5) is 23.1. The van der Waals surface area contributed by atoms with Crippen LogP contribution in [0.5, 0.6) is 5.75 Å². The quantitative estimate of drug-likeness (QED) is 0.507. The summed E-state index contributed by atoms with van der Waals surface area (Å²) in [5.74, 6) is -9.15. The van der Waals surface area contributed by atoms with Crippen molar-refractivity contribution in [3.8, 4) is 5.75 Å². The molecule has 0 spiro atoms. The van der Waals surface area contributed by atoms with Crippen LogP contribution in [0.3, 0.4) is 0 Å². The predicted octanol–water partition coefficient (Wildman–Crippen LogP) is 3.94. The molecule has 2 N–H and O–H groups in total.